The minimum atomic E-state index is -0.125. The van der Waals surface area contributed by atoms with Gasteiger partial charge in [0, 0.05) is 14.1 Å². The summed E-state index contributed by atoms with van der Waals surface area (Å²) in [6.07, 6.45) is 0.651. The first kappa shape index (κ1) is 15.6. The highest BCUT2D eigenvalue weighted by Crippen LogP contribution is 2.31. The van der Waals surface area contributed by atoms with Crippen LogP contribution in [0.3, 0.4) is 0 Å². The summed E-state index contributed by atoms with van der Waals surface area (Å²) in [5.41, 5.74) is 8.32. The van der Waals surface area contributed by atoms with Crippen LogP contribution in [-0.4, -0.2) is 0 Å². The highest BCUT2D eigenvalue weighted by molar-refractivity contribution is 14.1. The maximum absolute atomic E-state index is 6.28. The molecule has 5 heteroatoms. The Kier molecular flexibility index (Phi) is 5.55. The van der Waals surface area contributed by atoms with Gasteiger partial charge in [-0.2, -0.15) is 0 Å². The van der Waals surface area contributed by atoms with Crippen LogP contribution in [0.5, 0.6) is 0 Å². The lowest BCUT2D eigenvalue weighted by Gasteiger charge is -2.15. The summed E-state index contributed by atoms with van der Waals surface area (Å²) >= 11 is 18.0. The summed E-state index contributed by atoms with van der Waals surface area (Å²) in [7, 11) is 0. The van der Waals surface area contributed by atoms with Gasteiger partial charge in [0.2, 0.25) is 0 Å². The van der Waals surface area contributed by atoms with E-state index in [0.717, 1.165) is 19.2 Å². The number of hydrogen-bond donors (Lipinski definition) is 1. The van der Waals surface area contributed by atoms with E-state index in [9.17, 15) is 0 Å². The average molecular weight is 471 g/mol. The molecule has 2 N–H and O–H groups in total. The molecule has 19 heavy (non-hydrogen) atoms. The van der Waals surface area contributed by atoms with Crippen molar-refractivity contribution >= 4 is 61.7 Å². The largest absolute Gasteiger partial charge is 0.324 e. The average Bonchev–Trinajstić information content (AvgIpc) is 2.38. The lowest BCUT2D eigenvalue weighted by molar-refractivity contribution is 0.718. The Hall–Kier alpha value is 0.190. The standard InChI is InChI=1S/C14H11BrCl2IN/c15-11-5-4-9(18)7-10(11)13(19)6-8-2-1-3-12(16)14(8)17/h1-5,7,13H,6,19H2. The van der Waals surface area contributed by atoms with Crippen molar-refractivity contribution in [1.82, 2.24) is 0 Å². The van der Waals surface area contributed by atoms with Crippen molar-refractivity contribution in [2.75, 3.05) is 0 Å². The predicted octanol–water partition coefficient (Wildman–Crippen LogP) is 5.60. The third kappa shape index (κ3) is 3.85. The van der Waals surface area contributed by atoms with E-state index in [2.05, 4.69) is 44.6 Å². The van der Waals surface area contributed by atoms with E-state index in [1.807, 2.05) is 24.3 Å². The van der Waals surface area contributed by atoms with E-state index in [1.54, 1.807) is 6.07 Å². The first-order chi connectivity index (χ1) is 8.99. The van der Waals surface area contributed by atoms with Crippen LogP contribution in [0.25, 0.3) is 0 Å². The second-order valence-corrected chi connectivity index (χ2v) is 7.07. The minimum absolute atomic E-state index is 0.125. The Balaban J connectivity index is 2.28. The SMILES string of the molecule is NC(Cc1cccc(Cl)c1Cl)c1cc(I)ccc1Br. The van der Waals surface area contributed by atoms with Crippen molar-refractivity contribution in [2.24, 2.45) is 5.73 Å². The molecule has 2 aromatic rings. The van der Waals surface area contributed by atoms with Crippen molar-refractivity contribution < 1.29 is 0 Å². The highest BCUT2D eigenvalue weighted by atomic mass is 127. The van der Waals surface area contributed by atoms with Crippen molar-refractivity contribution in [3.63, 3.8) is 0 Å². The molecule has 0 aliphatic heterocycles. The van der Waals surface area contributed by atoms with Crippen LogP contribution in [0.2, 0.25) is 10.0 Å². The van der Waals surface area contributed by atoms with Gasteiger partial charge in [0.1, 0.15) is 0 Å². The van der Waals surface area contributed by atoms with E-state index in [-0.39, 0.29) is 6.04 Å². The number of hydrogen-bond acceptors (Lipinski definition) is 1. The summed E-state index contributed by atoms with van der Waals surface area (Å²) in [5.74, 6) is 0. The fraction of sp³-hybridized carbons (Fsp3) is 0.143. The van der Waals surface area contributed by atoms with Gasteiger partial charge in [0.05, 0.1) is 10.0 Å². The molecule has 0 aromatic heterocycles. The monoisotopic (exact) mass is 469 g/mol. The fourth-order valence-electron chi connectivity index (χ4n) is 1.85. The Morgan fingerprint density at radius 1 is 1.21 bits per heavy atom. The second-order valence-electron chi connectivity index (χ2n) is 4.19. The van der Waals surface area contributed by atoms with Crippen molar-refractivity contribution in [2.45, 2.75) is 12.5 Å². The molecule has 2 aromatic carbocycles. The molecule has 2 rings (SSSR count). The van der Waals surface area contributed by atoms with Crippen LogP contribution < -0.4 is 5.73 Å². The summed E-state index contributed by atoms with van der Waals surface area (Å²) in [4.78, 5) is 0. The smallest absolute Gasteiger partial charge is 0.0624 e. The summed E-state index contributed by atoms with van der Waals surface area (Å²) in [6, 6.07) is 11.6. The minimum Gasteiger partial charge on any atom is -0.324 e. The van der Waals surface area contributed by atoms with E-state index >= 15 is 0 Å². The van der Waals surface area contributed by atoms with Gasteiger partial charge in [-0.15, -0.1) is 0 Å². The fourth-order valence-corrected chi connectivity index (χ4v) is 3.30. The van der Waals surface area contributed by atoms with Gasteiger partial charge < -0.3 is 5.73 Å². The van der Waals surface area contributed by atoms with Gasteiger partial charge in [0.15, 0.2) is 0 Å². The van der Waals surface area contributed by atoms with E-state index in [0.29, 0.717) is 16.5 Å². The molecule has 0 spiro atoms. The zero-order valence-electron chi connectivity index (χ0n) is 9.84. The van der Waals surface area contributed by atoms with Gasteiger partial charge in [-0.05, 0) is 64.4 Å². The molecule has 0 bridgehead atoms. The van der Waals surface area contributed by atoms with E-state index in [4.69, 9.17) is 28.9 Å². The molecule has 0 amide bonds. The van der Waals surface area contributed by atoms with Crippen molar-refractivity contribution in [3.05, 3.63) is 65.6 Å². The molecule has 0 saturated carbocycles. The van der Waals surface area contributed by atoms with Crippen molar-refractivity contribution in [1.29, 1.82) is 0 Å². The molecule has 0 saturated heterocycles. The van der Waals surface area contributed by atoms with Gasteiger partial charge in [-0.25, -0.2) is 0 Å². The first-order valence-corrected chi connectivity index (χ1v) is 8.25. The molecule has 1 atom stereocenters. The molecular formula is C14H11BrCl2IN. The molecule has 0 aliphatic carbocycles. The molecule has 0 fully saturated rings. The van der Waals surface area contributed by atoms with E-state index < -0.39 is 0 Å². The van der Waals surface area contributed by atoms with Crippen LogP contribution in [0, 0.1) is 3.57 Å². The van der Waals surface area contributed by atoms with Gasteiger partial charge >= 0.3 is 0 Å². The quantitative estimate of drug-likeness (QED) is 0.580. The molecule has 100 valence electrons. The molecule has 0 heterocycles. The molecule has 1 nitrogen and oxygen atoms in total. The predicted molar refractivity (Wildman–Crippen MR) is 94.0 cm³/mol. The molecule has 0 aliphatic rings. The van der Waals surface area contributed by atoms with Gasteiger partial charge in [-0.1, -0.05) is 51.3 Å². The maximum atomic E-state index is 6.28. The summed E-state index contributed by atoms with van der Waals surface area (Å²) in [6.45, 7) is 0. The van der Waals surface area contributed by atoms with Gasteiger partial charge in [-0.3, -0.25) is 0 Å². The maximum Gasteiger partial charge on any atom is 0.0624 e. The van der Waals surface area contributed by atoms with E-state index in [1.165, 1.54) is 0 Å². The number of halogens is 4. The Morgan fingerprint density at radius 3 is 2.68 bits per heavy atom. The third-order valence-electron chi connectivity index (χ3n) is 2.83. The van der Waals surface area contributed by atoms with Gasteiger partial charge in [0.25, 0.3) is 0 Å². The lowest BCUT2D eigenvalue weighted by atomic mass is 10.00. The third-order valence-corrected chi connectivity index (χ3v) is 5.08. The van der Waals surface area contributed by atoms with Crippen LogP contribution in [0.1, 0.15) is 17.2 Å². The molecule has 0 radical (unpaired) electrons. The van der Waals surface area contributed by atoms with Crippen molar-refractivity contribution in [3.8, 4) is 0 Å². The first-order valence-electron chi connectivity index (χ1n) is 5.62. The Labute approximate surface area is 144 Å². The highest BCUT2D eigenvalue weighted by Gasteiger charge is 2.14. The zero-order chi connectivity index (χ0) is 14.0. The second kappa shape index (κ2) is 6.76. The number of benzene rings is 2. The van der Waals surface area contributed by atoms with Crippen LogP contribution in [0.4, 0.5) is 0 Å². The molecule has 1 unspecified atom stereocenters. The number of rotatable bonds is 3. The lowest BCUT2D eigenvalue weighted by Crippen LogP contribution is -2.14. The van der Waals surface area contributed by atoms with Crippen LogP contribution >= 0.6 is 61.7 Å². The Morgan fingerprint density at radius 2 is 1.95 bits per heavy atom. The normalized spacial score (nSPS) is 12.5. The zero-order valence-corrected chi connectivity index (χ0v) is 15.1. The molecular weight excluding hydrogens is 460 g/mol. The van der Waals surface area contributed by atoms with Crippen LogP contribution in [0.15, 0.2) is 40.9 Å². The summed E-state index contributed by atoms with van der Waals surface area (Å²) in [5, 5.41) is 1.15. The Bertz CT molecular complexity index is 604. The van der Waals surface area contributed by atoms with Crippen LogP contribution in [-0.2, 0) is 6.42 Å². The topological polar surface area (TPSA) is 26.0 Å². The number of nitrogens with two attached hydrogens (primary N) is 1. The summed E-state index contributed by atoms with van der Waals surface area (Å²) < 4.78 is 2.17.